The number of hydrogen-bond acceptors (Lipinski definition) is 3. The van der Waals surface area contributed by atoms with Crippen LogP contribution >= 0.6 is 22.6 Å². The molecule has 2 rings (SSSR count). The number of aromatic nitrogens is 3. The number of hydrogen-bond donors (Lipinski definition) is 1. The Balaban J connectivity index is 2.87. The average molecular weight is 287 g/mol. The zero-order valence-corrected chi connectivity index (χ0v) is 8.76. The summed E-state index contributed by atoms with van der Waals surface area (Å²) in [5.74, 6) is 0. The average Bonchev–Trinajstić information content (AvgIpc) is 2.48. The second-order valence-corrected chi connectivity index (χ2v) is 3.72. The molecule has 1 aromatic heterocycles. The maximum atomic E-state index is 9.26. The van der Waals surface area contributed by atoms with Crippen LogP contribution in [0.4, 0.5) is 0 Å². The van der Waals surface area contributed by atoms with E-state index in [1.165, 1.54) is 0 Å². The number of rotatable bonds is 1. The largest absolute Gasteiger partial charge is 0.410 e. The zero-order chi connectivity index (χ0) is 9.42. The van der Waals surface area contributed by atoms with Crippen LogP contribution in [-0.2, 0) is 0 Å². The lowest BCUT2D eigenvalue weighted by Gasteiger charge is -1.96. The maximum Gasteiger partial charge on any atom is 0.132 e. The third kappa shape index (κ3) is 1.28. The van der Waals surface area contributed by atoms with Gasteiger partial charge in [-0.2, -0.15) is 0 Å². The molecule has 0 aliphatic heterocycles. The highest BCUT2D eigenvalue weighted by atomic mass is 127. The molecule has 0 spiro atoms. The molecule has 0 unspecified atom stereocenters. The summed E-state index contributed by atoms with van der Waals surface area (Å²) in [7, 11) is 0. The quantitative estimate of drug-likeness (QED) is 0.644. The molecule has 4 nitrogen and oxygen atoms in total. The first-order valence-corrected chi connectivity index (χ1v) is 4.67. The maximum absolute atomic E-state index is 9.26. The van der Waals surface area contributed by atoms with Gasteiger partial charge in [0.1, 0.15) is 11.0 Å². The molecule has 0 amide bonds. The molecule has 0 saturated heterocycles. The monoisotopic (exact) mass is 287 g/mol. The van der Waals surface area contributed by atoms with E-state index in [9.17, 15) is 5.21 Å². The highest BCUT2D eigenvalue weighted by Gasteiger charge is 2.07. The Hall–Kier alpha value is -1.11. The van der Waals surface area contributed by atoms with Gasteiger partial charge in [0.2, 0.25) is 0 Å². The summed E-state index contributed by atoms with van der Waals surface area (Å²) in [5.41, 5.74) is 2.24. The molecule has 1 heterocycles. The predicted octanol–water partition coefficient (Wildman–Crippen LogP) is 1.92. The standard InChI is InChI=1S/C8H6IN3O/c1-2-5-3-6(9)8-7(4-5)12(13)11-10-8/h2-4,13H,1H2. The third-order valence-electron chi connectivity index (χ3n) is 1.75. The van der Waals surface area contributed by atoms with Gasteiger partial charge in [-0.15, -0.1) is 5.10 Å². The van der Waals surface area contributed by atoms with E-state index in [0.717, 1.165) is 14.0 Å². The first-order chi connectivity index (χ1) is 6.22. The minimum atomic E-state index is 0.599. The molecule has 0 bridgehead atoms. The summed E-state index contributed by atoms with van der Waals surface area (Å²) >= 11 is 2.15. The zero-order valence-electron chi connectivity index (χ0n) is 6.61. The molecule has 0 saturated carbocycles. The lowest BCUT2D eigenvalue weighted by atomic mass is 10.2. The van der Waals surface area contributed by atoms with Gasteiger partial charge in [-0.1, -0.05) is 17.5 Å². The van der Waals surface area contributed by atoms with Gasteiger partial charge in [-0.25, -0.2) is 0 Å². The van der Waals surface area contributed by atoms with Gasteiger partial charge >= 0.3 is 0 Å². The van der Waals surface area contributed by atoms with Crippen molar-refractivity contribution in [3.05, 3.63) is 27.8 Å². The van der Waals surface area contributed by atoms with Crippen LogP contribution in [0.15, 0.2) is 18.7 Å². The van der Waals surface area contributed by atoms with Gasteiger partial charge in [0.15, 0.2) is 0 Å². The van der Waals surface area contributed by atoms with E-state index < -0.39 is 0 Å². The van der Waals surface area contributed by atoms with Crippen molar-refractivity contribution in [1.29, 1.82) is 0 Å². The molecule has 0 atom stereocenters. The Morgan fingerprint density at radius 3 is 3.00 bits per heavy atom. The second kappa shape index (κ2) is 2.99. The molecule has 0 aliphatic rings. The van der Waals surface area contributed by atoms with Gasteiger partial charge in [-0.3, -0.25) is 0 Å². The number of halogens is 1. The van der Waals surface area contributed by atoms with Crippen molar-refractivity contribution < 1.29 is 5.21 Å². The topological polar surface area (TPSA) is 50.9 Å². The molecule has 2 aromatic rings. The molecule has 13 heavy (non-hydrogen) atoms. The van der Waals surface area contributed by atoms with Crippen LogP contribution < -0.4 is 0 Å². The van der Waals surface area contributed by atoms with Crippen molar-refractivity contribution in [2.45, 2.75) is 0 Å². The summed E-state index contributed by atoms with van der Waals surface area (Å²) < 4.78 is 0.949. The highest BCUT2D eigenvalue weighted by molar-refractivity contribution is 14.1. The van der Waals surface area contributed by atoms with Crippen molar-refractivity contribution in [3.8, 4) is 0 Å². The summed E-state index contributed by atoms with van der Waals surface area (Å²) in [6.07, 6.45) is 1.72. The van der Waals surface area contributed by atoms with Crippen molar-refractivity contribution >= 4 is 39.7 Å². The molecular formula is C8H6IN3O. The van der Waals surface area contributed by atoms with E-state index >= 15 is 0 Å². The smallest absolute Gasteiger partial charge is 0.132 e. The number of benzene rings is 1. The predicted molar refractivity (Wildman–Crippen MR) is 57.5 cm³/mol. The van der Waals surface area contributed by atoms with Crippen LogP contribution in [0.3, 0.4) is 0 Å². The fourth-order valence-corrected chi connectivity index (χ4v) is 1.85. The van der Waals surface area contributed by atoms with Gasteiger partial charge in [0, 0.05) is 3.57 Å². The van der Waals surface area contributed by atoms with Crippen molar-refractivity contribution in [3.63, 3.8) is 0 Å². The Morgan fingerprint density at radius 1 is 1.54 bits per heavy atom. The van der Waals surface area contributed by atoms with Crippen molar-refractivity contribution in [2.24, 2.45) is 0 Å². The van der Waals surface area contributed by atoms with Gasteiger partial charge in [-0.05, 0) is 45.5 Å². The Bertz CT molecular complexity index is 477. The Labute approximate surface area is 88.0 Å². The molecule has 1 aromatic carbocycles. The van der Waals surface area contributed by atoms with E-state index in [1.54, 1.807) is 12.1 Å². The SMILES string of the molecule is C=Cc1cc(I)c2nnn(O)c2c1. The molecule has 0 fully saturated rings. The van der Waals surface area contributed by atoms with E-state index in [-0.39, 0.29) is 0 Å². The first-order valence-electron chi connectivity index (χ1n) is 3.59. The first kappa shape index (κ1) is 8.49. The molecule has 66 valence electrons. The molecular weight excluding hydrogens is 281 g/mol. The second-order valence-electron chi connectivity index (χ2n) is 2.55. The van der Waals surface area contributed by atoms with Crippen molar-refractivity contribution in [1.82, 2.24) is 15.2 Å². The van der Waals surface area contributed by atoms with E-state index in [1.807, 2.05) is 6.07 Å². The fourth-order valence-electron chi connectivity index (χ4n) is 1.11. The lowest BCUT2D eigenvalue weighted by molar-refractivity contribution is 0.154. The van der Waals surface area contributed by atoms with Gasteiger partial charge in [0.05, 0.1) is 0 Å². The Morgan fingerprint density at radius 2 is 2.31 bits per heavy atom. The number of fused-ring (bicyclic) bond motifs is 1. The third-order valence-corrected chi connectivity index (χ3v) is 2.57. The van der Waals surface area contributed by atoms with Crippen LogP contribution in [0.25, 0.3) is 17.1 Å². The summed E-state index contributed by atoms with van der Waals surface area (Å²) in [4.78, 5) is 0.768. The molecule has 0 radical (unpaired) electrons. The lowest BCUT2D eigenvalue weighted by Crippen LogP contribution is -1.91. The molecule has 0 aliphatic carbocycles. The normalized spacial score (nSPS) is 10.5. The van der Waals surface area contributed by atoms with Crippen LogP contribution in [0.5, 0.6) is 0 Å². The minimum absolute atomic E-state index is 0.599. The number of nitrogens with zero attached hydrogens (tertiary/aromatic N) is 3. The van der Waals surface area contributed by atoms with Crippen LogP contribution in [0.1, 0.15) is 5.56 Å². The highest BCUT2D eigenvalue weighted by Crippen LogP contribution is 2.20. The van der Waals surface area contributed by atoms with Gasteiger partial charge in [0.25, 0.3) is 0 Å². The molecule has 1 N–H and O–H groups in total. The van der Waals surface area contributed by atoms with Crippen LogP contribution in [0.2, 0.25) is 0 Å². The minimum Gasteiger partial charge on any atom is -0.410 e. The molecule has 5 heteroatoms. The summed E-state index contributed by atoms with van der Waals surface area (Å²) in [6.45, 7) is 3.66. The fraction of sp³-hybridized carbons (Fsp3) is 0. The summed E-state index contributed by atoms with van der Waals surface area (Å²) in [6, 6.07) is 3.72. The van der Waals surface area contributed by atoms with E-state index in [2.05, 4.69) is 39.5 Å². The van der Waals surface area contributed by atoms with Gasteiger partial charge < -0.3 is 5.21 Å². The van der Waals surface area contributed by atoms with Crippen LogP contribution in [0, 0.1) is 3.57 Å². The van der Waals surface area contributed by atoms with E-state index in [4.69, 9.17) is 0 Å². The van der Waals surface area contributed by atoms with E-state index in [0.29, 0.717) is 11.0 Å². The van der Waals surface area contributed by atoms with Crippen LogP contribution in [-0.4, -0.2) is 20.4 Å². The summed E-state index contributed by atoms with van der Waals surface area (Å²) in [5, 5.41) is 16.6. The van der Waals surface area contributed by atoms with Crippen molar-refractivity contribution in [2.75, 3.05) is 0 Å². The Kier molecular flexibility index (Phi) is 1.95.